The van der Waals surface area contributed by atoms with Crippen LogP contribution >= 0.6 is 11.6 Å². The summed E-state index contributed by atoms with van der Waals surface area (Å²) in [6, 6.07) is 3.79. The van der Waals surface area contributed by atoms with E-state index >= 15 is 0 Å². The molecule has 1 fully saturated rings. The smallest absolute Gasteiger partial charge is 0.162 e. The predicted octanol–water partition coefficient (Wildman–Crippen LogP) is 3.46. The zero-order valence-electron chi connectivity index (χ0n) is 13.5. The van der Waals surface area contributed by atoms with Gasteiger partial charge >= 0.3 is 0 Å². The average Bonchev–Trinajstić information content (AvgIpc) is 3.11. The van der Waals surface area contributed by atoms with Crippen LogP contribution in [0.4, 0.5) is 0 Å². The number of piperidine rings is 1. The average molecular weight is 336 g/mol. The molecule has 23 heavy (non-hydrogen) atoms. The van der Waals surface area contributed by atoms with Crippen molar-refractivity contribution in [2.24, 2.45) is 0 Å². The lowest BCUT2D eigenvalue weighted by atomic mass is 9.97. The number of hydrogen-bond donors (Lipinski definition) is 1. The number of halogens is 1. The van der Waals surface area contributed by atoms with Gasteiger partial charge in [-0.05, 0) is 31.0 Å². The number of benzene rings is 1. The van der Waals surface area contributed by atoms with Crippen LogP contribution < -0.4 is 9.47 Å². The third-order valence-corrected chi connectivity index (χ3v) is 4.71. The fraction of sp³-hybridized carbons (Fsp3) is 0.471. The number of aromatic amines is 1. The van der Waals surface area contributed by atoms with Gasteiger partial charge in [0.1, 0.15) is 5.82 Å². The summed E-state index contributed by atoms with van der Waals surface area (Å²) in [6.07, 6.45) is 6.04. The minimum absolute atomic E-state index is 0.456. The van der Waals surface area contributed by atoms with Gasteiger partial charge in [-0.2, -0.15) is 0 Å². The summed E-state index contributed by atoms with van der Waals surface area (Å²) < 4.78 is 10.7. The van der Waals surface area contributed by atoms with Crippen molar-refractivity contribution >= 4 is 11.6 Å². The number of nitrogens with one attached hydrogen (secondary N) is 1. The number of nitrogens with zero attached hydrogens (tertiary/aromatic N) is 2. The molecule has 1 atom stereocenters. The Morgan fingerprint density at radius 2 is 2.09 bits per heavy atom. The SMILES string of the molecule is COc1cc(Cl)c(CN2CCCC(c3ncc[nH]3)C2)cc1OC. The largest absolute Gasteiger partial charge is 0.493 e. The predicted molar refractivity (Wildman–Crippen MR) is 90.4 cm³/mol. The van der Waals surface area contributed by atoms with E-state index in [1.165, 1.54) is 6.42 Å². The second kappa shape index (κ2) is 7.23. The molecule has 6 heteroatoms. The van der Waals surface area contributed by atoms with E-state index in [0.717, 1.165) is 37.4 Å². The fourth-order valence-corrected chi connectivity index (χ4v) is 3.39. The molecule has 0 spiro atoms. The first-order valence-electron chi connectivity index (χ1n) is 7.83. The number of hydrogen-bond acceptors (Lipinski definition) is 4. The molecule has 1 aliphatic heterocycles. The Hall–Kier alpha value is -1.72. The van der Waals surface area contributed by atoms with E-state index in [4.69, 9.17) is 21.1 Å². The van der Waals surface area contributed by atoms with Crippen LogP contribution in [0.25, 0.3) is 0 Å². The Labute approximate surface area is 141 Å². The molecule has 0 amide bonds. The van der Waals surface area contributed by atoms with Crippen LogP contribution in [0.3, 0.4) is 0 Å². The van der Waals surface area contributed by atoms with Crippen molar-refractivity contribution in [3.63, 3.8) is 0 Å². The highest BCUT2D eigenvalue weighted by Crippen LogP contribution is 2.34. The van der Waals surface area contributed by atoms with Gasteiger partial charge in [0, 0.05) is 42.5 Å². The monoisotopic (exact) mass is 335 g/mol. The second-order valence-electron chi connectivity index (χ2n) is 5.85. The Morgan fingerprint density at radius 1 is 1.30 bits per heavy atom. The van der Waals surface area contributed by atoms with Gasteiger partial charge in [-0.1, -0.05) is 11.6 Å². The van der Waals surface area contributed by atoms with E-state index < -0.39 is 0 Å². The lowest BCUT2D eigenvalue weighted by molar-refractivity contribution is 0.196. The molecule has 5 nitrogen and oxygen atoms in total. The van der Waals surface area contributed by atoms with Crippen molar-refractivity contribution in [2.45, 2.75) is 25.3 Å². The Balaban J connectivity index is 1.73. The zero-order chi connectivity index (χ0) is 16.2. The maximum absolute atomic E-state index is 6.41. The van der Waals surface area contributed by atoms with Crippen LogP contribution in [-0.4, -0.2) is 42.2 Å². The first kappa shape index (κ1) is 16.1. The number of ether oxygens (including phenoxy) is 2. The molecular formula is C17H22ClN3O2. The van der Waals surface area contributed by atoms with E-state index in [2.05, 4.69) is 14.9 Å². The second-order valence-corrected chi connectivity index (χ2v) is 6.25. The molecule has 0 saturated carbocycles. The first-order valence-corrected chi connectivity index (χ1v) is 8.21. The summed E-state index contributed by atoms with van der Waals surface area (Å²) in [6.45, 7) is 2.86. The summed E-state index contributed by atoms with van der Waals surface area (Å²) in [5.74, 6) is 2.91. The number of imidazole rings is 1. The Bertz CT molecular complexity index is 646. The van der Waals surface area contributed by atoms with Gasteiger partial charge in [-0.3, -0.25) is 4.90 Å². The van der Waals surface area contributed by atoms with Crippen LogP contribution in [0.15, 0.2) is 24.5 Å². The molecule has 2 aromatic rings. The molecule has 1 N–H and O–H groups in total. The highest BCUT2D eigenvalue weighted by molar-refractivity contribution is 6.31. The van der Waals surface area contributed by atoms with E-state index in [-0.39, 0.29) is 0 Å². The number of H-pyrrole nitrogens is 1. The Kier molecular flexibility index (Phi) is 5.08. The number of likely N-dealkylation sites (tertiary alicyclic amines) is 1. The van der Waals surface area contributed by atoms with Gasteiger partial charge < -0.3 is 14.5 Å². The van der Waals surface area contributed by atoms with Crippen LogP contribution in [0.2, 0.25) is 5.02 Å². The van der Waals surface area contributed by atoms with Gasteiger partial charge in [0.15, 0.2) is 11.5 Å². The fourth-order valence-electron chi connectivity index (χ4n) is 3.18. The summed E-state index contributed by atoms with van der Waals surface area (Å²) in [7, 11) is 3.26. The maximum atomic E-state index is 6.41. The standard InChI is InChI=1S/C17H22ClN3O2/c1-22-15-8-13(14(18)9-16(15)23-2)11-21-7-3-4-12(10-21)17-19-5-6-20-17/h5-6,8-9,12H,3-4,7,10-11H2,1-2H3,(H,19,20). The number of aromatic nitrogens is 2. The summed E-state index contributed by atoms with van der Waals surface area (Å²) in [4.78, 5) is 10.1. The maximum Gasteiger partial charge on any atom is 0.162 e. The topological polar surface area (TPSA) is 50.4 Å². The molecule has 1 aromatic heterocycles. The molecule has 0 radical (unpaired) electrons. The molecule has 2 heterocycles. The quantitative estimate of drug-likeness (QED) is 0.909. The molecule has 124 valence electrons. The lowest BCUT2D eigenvalue weighted by Gasteiger charge is -2.32. The molecule has 0 bridgehead atoms. The van der Waals surface area contributed by atoms with Gasteiger partial charge in [0.25, 0.3) is 0 Å². The number of methoxy groups -OCH3 is 2. The zero-order valence-corrected chi connectivity index (χ0v) is 14.3. The minimum atomic E-state index is 0.456. The lowest BCUT2D eigenvalue weighted by Crippen LogP contribution is -2.34. The van der Waals surface area contributed by atoms with Crippen molar-refractivity contribution in [3.8, 4) is 11.5 Å². The van der Waals surface area contributed by atoms with Gasteiger partial charge in [-0.25, -0.2) is 4.98 Å². The summed E-state index contributed by atoms with van der Waals surface area (Å²) in [5, 5.41) is 0.711. The third kappa shape index (κ3) is 3.62. The minimum Gasteiger partial charge on any atom is -0.493 e. The van der Waals surface area contributed by atoms with Crippen molar-refractivity contribution in [1.29, 1.82) is 0 Å². The van der Waals surface area contributed by atoms with Gasteiger partial charge in [0.05, 0.1) is 14.2 Å². The van der Waals surface area contributed by atoms with Crippen molar-refractivity contribution < 1.29 is 9.47 Å². The normalized spacial score (nSPS) is 18.8. The highest BCUT2D eigenvalue weighted by Gasteiger charge is 2.24. The van der Waals surface area contributed by atoms with Crippen molar-refractivity contribution in [3.05, 3.63) is 40.9 Å². The van der Waals surface area contributed by atoms with E-state index in [1.54, 1.807) is 14.2 Å². The summed E-state index contributed by atoms with van der Waals surface area (Å²) in [5.41, 5.74) is 1.06. The molecule has 1 aliphatic rings. The Morgan fingerprint density at radius 3 is 2.78 bits per heavy atom. The van der Waals surface area contributed by atoms with Crippen LogP contribution in [0.1, 0.15) is 30.1 Å². The highest BCUT2D eigenvalue weighted by atomic mass is 35.5. The first-order chi connectivity index (χ1) is 11.2. The van der Waals surface area contributed by atoms with Crippen molar-refractivity contribution in [1.82, 2.24) is 14.9 Å². The summed E-state index contributed by atoms with van der Waals surface area (Å²) >= 11 is 6.41. The van der Waals surface area contributed by atoms with Crippen LogP contribution in [0.5, 0.6) is 11.5 Å². The molecule has 1 saturated heterocycles. The molecule has 1 unspecified atom stereocenters. The molecular weight excluding hydrogens is 314 g/mol. The molecule has 0 aliphatic carbocycles. The number of rotatable bonds is 5. The van der Waals surface area contributed by atoms with Gasteiger partial charge in [0.2, 0.25) is 0 Å². The van der Waals surface area contributed by atoms with Crippen LogP contribution in [-0.2, 0) is 6.54 Å². The van der Waals surface area contributed by atoms with E-state index in [1.807, 2.05) is 24.5 Å². The van der Waals surface area contributed by atoms with Crippen molar-refractivity contribution in [2.75, 3.05) is 27.3 Å². The third-order valence-electron chi connectivity index (χ3n) is 4.36. The molecule has 3 rings (SSSR count). The van der Waals surface area contributed by atoms with Crippen LogP contribution in [0, 0.1) is 0 Å². The van der Waals surface area contributed by atoms with E-state index in [9.17, 15) is 0 Å². The van der Waals surface area contributed by atoms with Gasteiger partial charge in [-0.15, -0.1) is 0 Å². The van der Waals surface area contributed by atoms with E-state index in [0.29, 0.717) is 22.4 Å². The molecule has 1 aromatic carbocycles.